The third-order valence-corrected chi connectivity index (χ3v) is 6.00. The number of hydrogen-bond acceptors (Lipinski definition) is 3. The van der Waals surface area contributed by atoms with Crippen molar-refractivity contribution in [2.75, 3.05) is 0 Å². The Kier molecular flexibility index (Phi) is 4.81. The molecule has 1 aromatic heterocycles. The van der Waals surface area contributed by atoms with E-state index in [0.29, 0.717) is 11.4 Å². The molecule has 33 heavy (non-hydrogen) atoms. The van der Waals surface area contributed by atoms with E-state index in [9.17, 15) is 13.2 Å². The molecule has 2 N–H and O–H groups in total. The summed E-state index contributed by atoms with van der Waals surface area (Å²) in [6.07, 6.45) is -0.841. The molecule has 5 rings (SSSR count). The number of aryl methyl sites for hydroxylation is 1. The molecule has 6 heteroatoms. The molecule has 0 amide bonds. The van der Waals surface area contributed by atoms with Crippen molar-refractivity contribution in [1.82, 2.24) is 4.98 Å². The minimum absolute atomic E-state index is 0.355. The number of nitrogens with zero attached hydrogens (tertiary/aromatic N) is 2. The maximum Gasteiger partial charge on any atom is 0.416 e. The Morgan fingerprint density at radius 2 is 1.55 bits per heavy atom. The first kappa shape index (κ1) is 20.9. The van der Waals surface area contributed by atoms with E-state index in [1.54, 1.807) is 12.4 Å². The zero-order valence-electron chi connectivity index (χ0n) is 17.8. The van der Waals surface area contributed by atoms with Crippen molar-refractivity contribution < 1.29 is 13.2 Å². The highest BCUT2D eigenvalue weighted by Crippen LogP contribution is 2.47. The second-order valence-electron chi connectivity index (χ2n) is 8.16. The Balaban J connectivity index is 1.75. The van der Waals surface area contributed by atoms with E-state index in [1.165, 1.54) is 12.1 Å². The van der Waals surface area contributed by atoms with Gasteiger partial charge in [0.15, 0.2) is 0 Å². The molecule has 1 aliphatic rings. The van der Waals surface area contributed by atoms with Crippen LogP contribution in [0.25, 0.3) is 11.1 Å². The molecular formula is C27H20F3N3. The largest absolute Gasteiger partial charge is 0.416 e. The number of pyridine rings is 1. The number of hydrogen-bond donors (Lipinski definition) is 1. The molecule has 0 radical (unpaired) electrons. The first-order valence-electron chi connectivity index (χ1n) is 10.4. The molecule has 4 aromatic rings. The van der Waals surface area contributed by atoms with Crippen LogP contribution >= 0.6 is 0 Å². The predicted molar refractivity (Wildman–Crippen MR) is 123 cm³/mol. The second-order valence-corrected chi connectivity index (χ2v) is 8.16. The topological polar surface area (TPSA) is 51.3 Å². The van der Waals surface area contributed by atoms with Crippen molar-refractivity contribution in [3.63, 3.8) is 0 Å². The van der Waals surface area contributed by atoms with Crippen molar-refractivity contribution in [3.8, 4) is 11.1 Å². The van der Waals surface area contributed by atoms with E-state index in [0.717, 1.165) is 45.5 Å². The van der Waals surface area contributed by atoms with Gasteiger partial charge in [-0.05, 0) is 59.0 Å². The first-order chi connectivity index (χ1) is 15.8. The molecular weight excluding hydrogens is 423 g/mol. The highest BCUT2D eigenvalue weighted by Gasteiger charge is 2.43. The molecule has 2 heterocycles. The average molecular weight is 443 g/mol. The van der Waals surface area contributed by atoms with Crippen LogP contribution in [0.4, 0.5) is 13.2 Å². The van der Waals surface area contributed by atoms with Gasteiger partial charge in [-0.1, -0.05) is 54.6 Å². The van der Waals surface area contributed by atoms with Crippen LogP contribution in [-0.4, -0.2) is 10.8 Å². The predicted octanol–water partition coefficient (Wildman–Crippen LogP) is 6.09. The van der Waals surface area contributed by atoms with Crippen LogP contribution < -0.4 is 5.73 Å². The highest BCUT2D eigenvalue weighted by molar-refractivity contribution is 6.03. The van der Waals surface area contributed by atoms with Gasteiger partial charge in [0.05, 0.1) is 5.56 Å². The summed E-state index contributed by atoms with van der Waals surface area (Å²) in [5, 5.41) is 0. The van der Waals surface area contributed by atoms with Gasteiger partial charge >= 0.3 is 6.18 Å². The summed E-state index contributed by atoms with van der Waals surface area (Å²) in [5.41, 5.74) is 10.5. The van der Waals surface area contributed by atoms with Gasteiger partial charge < -0.3 is 5.73 Å². The maximum absolute atomic E-state index is 13.2. The highest BCUT2D eigenvalue weighted by atomic mass is 19.4. The van der Waals surface area contributed by atoms with Crippen LogP contribution in [0.5, 0.6) is 0 Å². The summed E-state index contributed by atoms with van der Waals surface area (Å²) in [6, 6.07) is 22.6. The lowest BCUT2D eigenvalue weighted by molar-refractivity contribution is -0.137. The molecule has 0 fully saturated rings. The summed E-state index contributed by atoms with van der Waals surface area (Å²) in [5.74, 6) is 0.355. The number of fused-ring (bicyclic) bond motifs is 1. The normalized spacial score (nSPS) is 17.5. The summed E-state index contributed by atoms with van der Waals surface area (Å²) in [4.78, 5) is 9.16. The number of nitrogens with two attached hydrogens (primary N) is 1. The smallest absolute Gasteiger partial charge is 0.383 e. The van der Waals surface area contributed by atoms with E-state index < -0.39 is 17.3 Å². The lowest BCUT2D eigenvalue weighted by Gasteiger charge is -2.30. The molecule has 0 spiro atoms. The van der Waals surface area contributed by atoms with Crippen molar-refractivity contribution in [1.29, 1.82) is 0 Å². The molecule has 3 nitrogen and oxygen atoms in total. The Bertz CT molecular complexity index is 1370. The first-order valence-corrected chi connectivity index (χ1v) is 10.4. The third-order valence-electron chi connectivity index (χ3n) is 6.00. The summed E-state index contributed by atoms with van der Waals surface area (Å²) in [6.45, 7) is 1.97. The van der Waals surface area contributed by atoms with E-state index in [-0.39, 0.29) is 0 Å². The van der Waals surface area contributed by atoms with Crippen molar-refractivity contribution >= 4 is 5.84 Å². The molecule has 0 saturated heterocycles. The van der Waals surface area contributed by atoms with Gasteiger partial charge in [-0.25, -0.2) is 4.99 Å². The minimum atomic E-state index is -4.42. The fourth-order valence-electron chi connectivity index (χ4n) is 4.47. The quantitative estimate of drug-likeness (QED) is 0.417. The summed E-state index contributed by atoms with van der Waals surface area (Å²) >= 11 is 0. The van der Waals surface area contributed by atoms with E-state index >= 15 is 0 Å². The Morgan fingerprint density at radius 3 is 2.27 bits per heavy atom. The fraction of sp³-hybridized carbons (Fsp3) is 0.111. The van der Waals surface area contributed by atoms with Gasteiger partial charge in [0, 0.05) is 23.5 Å². The van der Waals surface area contributed by atoms with E-state index in [1.807, 2.05) is 61.5 Å². The van der Waals surface area contributed by atoms with Crippen LogP contribution in [0.15, 0.2) is 96.2 Å². The monoisotopic (exact) mass is 443 g/mol. The fourth-order valence-corrected chi connectivity index (χ4v) is 4.47. The molecule has 1 atom stereocenters. The standard InChI is InChI=1S/C27H20F3N3/c1-17-13-19(16-32-15-17)18-5-4-6-22(14-18)26(20-9-11-21(12-10-20)27(28,29)30)24-8-3-2-7-23(24)25(31)33-26/h2-16H,1H3,(H2,31,33). The molecule has 0 bridgehead atoms. The summed E-state index contributed by atoms with van der Waals surface area (Å²) in [7, 11) is 0. The van der Waals surface area contributed by atoms with Gasteiger partial charge in [0.2, 0.25) is 0 Å². The Morgan fingerprint density at radius 1 is 0.788 bits per heavy atom. The third kappa shape index (κ3) is 3.48. The number of aromatic nitrogens is 1. The van der Waals surface area contributed by atoms with Gasteiger partial charge in [0.1, 0.15) is 11.4 Å². The number of halogens is 3. The maximum atomic E-state index is 13.2. The second kappa shape index (κ2) is 7.59. The molecule has 3 aromatic carbocycles. The van der Waals surface area contributed by atoms with Crippen LogP contribution in [0.1, 0.15) is 33.4 Å². The zero-order chi connectivity index (χ0) is 23.2. The molecule has 164 valence electrons. The van der Waals surface area contributed by atoms with Gasteiger partial charge in [-0.3, -0.25) is 4.98 Å². The van der Waals surface area contributed by atoms with Crippen LogP contribution in [0.3, 0.4) is 0 Å². The number of benzene rings is 3. The van der Waals surface area contributed by atoms with E-state index in [2.05, 4.69) is 4.98 Å². The van der Waals surface area contributed by atoms with Gasteiger partial charge in [0.25, 0.3) is 0 Å². The zero-order valence-corrected chi connectivity index (χ0v) is 17.8. The Hall–Kier alpha value is -3.93. The minimum Gasteiger partial charge on any atom is -0.383 e. The summed E-state index contributed by atoms with van der Waals surface area (Å²) < 4.78 is 39.7. The van der Waals surface area contributed by atoms with E-state index in [4.69, 9.17) is 10.7 Å². The molecule has 0 aliphatic carbocycles. The Labute approximate surface area is 189 Å². The lowest BCUT2D eigenvalue weighted by atomic mass is 9.77. The van der Waals surface area contributed by atoms with Crippen molar-refractivity contribution in [2.45, 2.75) is 18.6 Å². The SMILES string of the molecule is Cc1cncc(-c2cccc(C3(c4ccc(C(F)(F)F)cc4)N=C(N)c4ccccc43)c2)c1. The van der Waals surface area contributed by atoms with Crippen LogP contribution in [-0.2, 0) is 11.7 Å². The number of rotatable bonds is 3. The molecule has 1 aliphatic heterocycles. The van der Waals surface area contributed by atoms with Gasteiger partial charge in [-0.15, -0.1) is 0 Å². The molecule has 0 saturated carbocycles. The van der Waals surface area contributed by atoms with Crippen LogP contribution in [0.2, 0.25) is 0 Å². The number of amidine groups is 1. The van der Waals surface area contributed by atoms with Gasteiger partial charge in [-0.2, -0.15) is 13.2 Å². The van der Waals surface area contributed by atoms with Crippen molar-refractivity contribution in [2.24, 2.45) is 10.7 Å². The lowest BCUT2D eigenvalue weighted by Crippen LogP contribution is -2.25. The molecule has 1 unspecified atom stereocenters. The van der Waals surface area contributed by atoms with Crippen molar-refractivity contribution in [3.05, 3.63) is 125 Å². The number of alkyl halides is 3. The number of aliphatic imine (C=N–C) groups is 1. The average Bonchev–Trinajstić information content (AvgIpc) is 3.12. The van der Waals surface area contributed by atoms with Crippen LogP contribution in [0, 0.1) is 6.92 Å².